The fourth-order valence-electron chi connectivity index (χ4n) is 7.46. The first-order valence-corrected chi connectivity index (χ1v) is 17.8. The van der Waals surface area contributed by atoms with E-state index in [2.05, 4.69) is 21.6 Å². The molecule has 2 aliphatic heterocycles. The summed E-state index contributed by atoms with van der Waals surface area (Å²) < 4.78 is 64.4. The Hall–Kier alpha value is -4.76. The number of amides is 1. The Balaban J connectivity index is 1.41. The van der Waals surface area contributed by atoms with Crippen molar-refractivity contribution in [2.24, 2.45) is 0 Å². The van der Waals surface area contributed by atoms with Crippen LogP contribution in [-0.4, -0.2) is 66.0 Å². The highest BCUT2D eigenvalue weighted by Gasteiger charge is 2.40. The van der Waals surface area contributed by atoms with Crippen molar-refractivity contribution >= 4 is 66.8 Å². The van der Waals surface area contributed by atoms with Crippen molar-refractivity contribution in [3.63, 3.8) is 0 Å². The van der Waals surface area contributed by atoms with Crippen molar-refractivity contribution in [2.45, 2.75) is 49.6 Å². The van der Waals surface area contributed by atoms with Crippen molar-refractivity contribution in [2.75, 3.05) is 23.7 Å². The fraction of sp³-hybridized carbons (Fsp3) is 0.286. The summed E-state index contributed by atoms with van der Waals surface area (Å²) in [6, 6.07) is 7.77. The number of hydrogen-bond donors (Lipinski definition) is 0. The molecule has 2 aliphatic rings. The van der Waals surface area contributed by atoms with Crippen molar-refractivity contribution < 1.29 is 22.4 Å². The topological polar surface area (TPSA) is 89.2 Å². The number of aromatic nitrogens is 5. The van der Waals surface area contributed by atoms with Gasteiger partial charge in [-0.1, -0.05) is 12.6 Å². The SMILES string of the molecule is C=CC(=O)N1[C@H](C)CN(c2nc(=O)n3c4c(c(-c5ccc(F)c6sccc56)c(C(F)(F)F)cc24)SC[C@@H](n2ncc4cccnc42)C3)C[C@@H]1C. The number of nitrogens with zero attached hydrogens (tertiary/aromatic N) is 7. The number of carbonyl (C=O) groups excluding carboxylic acids is 1. The van der Waals surface area contributed by atoms with Gasteiger partial charge in [0.2, 0.25) is 5.91 Å². The molecule has 0 spiro atoms. The molecule has 9 nitrogen and oxygen atoms in total. The number of anilines is 1. The van der Waals surface area contributed by atoms with Crippen molar-refractivity contribution in [1.29, 1.82) is 0 Å². The first-order valence-electron chi connectivity index (χ1n) is 15.9. The van der Waals surface area contributed by atoms with E-state index in [-0.39, 0.29) is 75.3 Å². The molecule has 1 fully saturated rings. The molecule has 1 amide bonds. The van der Waals surface area contributed by atoms with Gasteiger partial charge in [-0.3, -0.25) is 9.36 Å². The van der Waals surface area contributed by atoms with Gasteiger partial charge in [-0.05, 0) is 61.2 Å². The Kier molecular flexibility index (Phi) is 7.75. The highest BCUT2D eigenvalue weighted by molar-refractivity contribution is 7.99. The number of alkyl halides is 3. The number of benzene rings is 2. The Morgan fingerprint density at radius 2 is 1.86 bits per heavy atom. The second kappa shape index (κ2) is 11.9. The molecular formula is C35H29F4N7O2S2. The number of thioether (sulfide) groups is 1. The van der Waals surface area contributed by atoms with Gasteiger partial charge in [0, 0.05) is 63.7 Å². The molecule has 1 saturated heterocycles. The van der Waals surface area contributed by atoms with Crippen molar-refractivity contribution in [3.05, 3.63) is 88.7 Å². The Morgan fingerprint density at radius 3 is 2.60 bits per heavy atom. The van der Waals surface area contributed by atoms with E-state index in [1.807, 2.05) is 19.9 Å². The first-order chi connectivity index (χ1) is 24.0. The number of thiophene rings is 1. The summed E-state index contributed by atoms with van der Waals surface area (Å²) in [5, 5.41) is 7.53. The van der Waals surface area contributed by atoms with Gasteiger partial charge in [0.1, 0.15) is 11.6 Å². The molecule has 0 bridgehead atoms. The summed E-state index contributed by atoms with van der Waals surface area (Å²) >= 11 is 2.32. The minimum Gasteiger partial charge on any atom is -0.352 e. The molecule has 15 heteroatoms. The minimum atomic E-state index is -4.82. The molecule has 0 radical (unpaired) electrons. The highest BCUT2D eigenvalue weighted by Crippen LogP contribution is 2.51. The van der Waals surface area contributed by atoms with Gasteiger partial charge in [0.15, 0.2) is 5.65 Å². The van der Waals surface area contributed by atoms with Gasteiger partial charge < -0.3 is 9.80 Å². The number of fused-ring (bicyclic) bond motifs is 2. The van der Waals surface area contributed by atoms with Crippen molar-refractivity contribution in [3.8, 4) is 11.1 Å². The van der Waals surface area contributed by atoms with E-state index >= 15 is 13.2 Å². The van der Waals surface area contributed by atoms with E-state index in [9.17, 15) is 14.0 Å². The van der Waals surface area contributed by atoms with Gasteiger partial charge in [-0.2, -0.15) is 23.3 Å². The predicted octanol–water partition coefficient (Wildman–Crippen LogP) is 7.14. The number of piperazine rings is 1. The van der Waals surface area contributed by atoms with Crippen molar-refractivity contribution in [1.82, 2.24) is 29.2 Å². The smallest absolute Gasteiger partial charge is 0.352 e. The molecule has 50 heavy (non-hydrogen) atoms. The monoisotopic (exact) mass is 719 g/mol. The zero-order chi connectivity index (χ0) is 35.1. The second-order valence-corrected chi connectivity index (χ2v) is 14.6. The maximum atomic E-state index is 15.4. The molecule has 0 unspecified atom stereocenters. The molecule has 3 atom stereocenters. The Morgan fingerprint density at radius 1 is 1.08 bits per heavy atom. The summed E-state index contributed by atoms with van der Waals surface area (Å²) in [6.45, 7) is 7.84. The largest absolute Gasteiger partial charge is 0.417 e. The first kappa shape index (κ1) is 32.4. The zero-order valence-electron chi connectivity index (χ0n) is 26.8. The van der Waals surface area contributed by atoms with Gasteiger partial charge in [-0.15, -0.1) is 23.1 Å². The molecule has 0 saturated carbocycles. The minimum absolute atomic E-state index is 0.0759. The average Bonchev–Trinajstić information content (AvgIpc) is 3.70. The third-order valence-corrected chi connectivity index (χ3v) is 11.7. The second-order valence-electron chi connectivity index (χ2n) is 12.6. The van der Waals surface area contributed by atoms with Crippen LogP contribution in [-0.2, 0) is 17.5 Å². The molecule has 4 aromatic heterocycles. The average molecular weight is 720 g/mol. The van der Waals surface area contributed by atoms with Gasteiger partial charge in [0.05, 0.1) is 34.6 Å². The molecule has 256 valence electrons. The van der Waals surface area contributed by atoms with E-state index in [0.717, 1.165) is 22.8 Å². The van der Waals surface area contributed by atoms with E-state index in [1.165, 1.54) is 34.5 Å². The lowest BCUT2D eigenvalue weighted by Gasteiger charge is -2.44. The third-order valence-electron chi connectivity index (χ3n) is 9.50. The lowest BCUT2D eigenvalue weighted by molar-refractivity contribution is -0.137. The Bertz CT molecular complexity index is 2410. The van der Waals surface area contributed by atoms with Crippen LogP contribution in [0.3, 0.4) is 0 Å². The van der Waals surface area contributed by atoms with Crippen LogP contribution in [0.2, 0.25) is 0 Å². The molecular weight excluding hydrogens is 691 g/mol. The summed E-state index contributed by atoms with van der Waals surface area (Å²) in [4.78, 5) is 39.5. The number of pyridine rings is 1. The van der Waals surface area contributed by atoms with Crippen LogP contribution >= 0.6 is 23.1 Å². The van der Waals surface area contributed by atoms with Crippen LogP contribution in [0.15, 0.2) is 76.5 Å². The summed E-state index contributed by atoms with van der Waals surface area (Å²) in [5.74, 6) is -0.394. The van der Waals surface area contributed by atoms with Gasteiger partial charge in [-0.25, -0.2) is 18.9 Å². The number of hydrogen-bond acceptors (Lipinski definition) is 8. The molecule has 8 rings (SSSR count). The molecule has 0 aliphatic carbocycles. The molecule has 2 aromatic carbocycles. The summed E-state index contributed by atoms with van der Waals surface area (Å²) in [6.07, 6.45) is -0.275. The maximum Gasteiger partial charge on any atom is 0.417 e. The quantitative estimate of drug-likeness (QED) is 0.141. The molecule has 0 N–H and O–H groups in total. The summed E-state index contributed by atoms with van der Waals surface area (Å²) in [7, 11) is 0. The van der Waals surface area contributed by atoms with Crippen LogP contribution in [0.25, 0.3) is 43.1 Å². The van der Waals surface area contributed by atoms with E-state index in [0.29, 0.717) is 16.6 Å². The molecule has 6 heterocycles. The highest BCUT2D eigenvalue weighted by atomic mass is 32.2. The number of carbonyl (C=O) groups is 1. The fourth-order valence-corrected chi connectivity index (χ4v) is 9.61. The number of rotatable bonds is 4. The van der Waals surface area contributed by atoms with Crippen LogP contribution in [0.4, 0.5) is 23.4 Å². The third kappa shape index (κ3) is 5.08. The van der Waals surface area contributed by atoms with E-state index < -0.39 is 29.3 Å². The molecule has 6 aromatic rings. The van der Waals surface area contributed by atoms with Crippen LogP contribution < -0.4 is 10.6 Å². The Labute approximate surface area is 290 Å². The standard InChI is InChI=1S/C35H29F4N7O2S2/c1-4-27(47)45-18(2)14-43(15-19(45)3)33-24-12-25(35(37,38)39)28(22-7-8-26(36)30-23(22)9-11-49-30)31-29(24)44(34(48)42-33)16-21(17-50-31)46-32-20(13-41-46)6-5-10-40-32/h4-13,18-19,21H,1,14-17H2,2-3H3/t18-,19+,21-/m0/s1. The van der Waals surface area contributed by atoms with E-state index in [4.69, 9.17) is 0 Å². The zero-order valence-corrected chi connectivity index (χ0v) is 28.4. The van der Waals surface area contributed by atoms with E-state index in [1.54, 1.807) is 44.4 Å². The number of halogens is 4. The lowest BCUT2D eigenvalue weighted by Crippen LogP contribution is -2.58. The van der Waals surface area contributed by atoms with Crippen LogP contribution in [0.5, 0.6) is 0 Å². The lowest BCUT2D eigenvalue weighted by atomic mass is 9.94. The normalized spacial score (nSPS) is 19.8. The maximum absolute atomic E-state index is 15.4. The predicted molar refractivity (Wildman–Crippen MR) is 187 cm³/mol. The van der Waals surface area contributed by atoms with Gasteiger partial charge >= 0.3 is 11.9 Å². The van der Waals surface area contributed by atoms with Gasteiger partial charge in [0.25, 0.3) is 0 Å². The summed E-state index contributed by atoms with van der Waals surface area (Å²) in [5.41, 5.74) is -0.525. The van der Waals surface area contributed by atoms with Crippen LogP contribution in [0, 0.1) is 5.82 Å². The van der Waals surface area contributed by atoms with Crippen LogP contribution in [0.1, 0.15) is 25.5 Å².